The van der Waals surface area contributed by atoms with E-state index in [0.717, 1.165) is 19.3 Å². The summed E-state index contributed by atoms with van der Waals surface area (Å²) in [6, 6.07) is -0.176. The Bertz CT molecular complexity index is 478. The fourth-order valence-electron chi connectivity index (χ4n) is 2.19. The van der Waals surface area contributed by atoms with Crippen LogP contribution in [0, 0.1) is 0 Å². The van der Waals surface area contributed by atoms with Gasteiger partial charge < -0.3 is 9.64 Å². The van der Waals surface area contributed by atoms with E-state index in [-0.39, 0.29) is 23.6 Å². The number of rotatable bonds is 3. The standard InChI is InChI=1S/C11H14F3N3O2S/c1-19-8(18)6-7-4-2-3-5-17(7)10-15-9(16-20-10)11(12,13)14/h7H,2-6H2,1H3. The maximum atomic E-state index is 12.5. The number of piperidine rings is 1. The molecule has 0 bridgehead atoms. The molecule has 1 unspecified atom stereocenters. The van der Waals surface area contributed by atoms with Crippen molar-refractivity contribution in [2.75, 3.05) is 18.6 Å². The topological polar surface area (TPSA) is 55.3 Å². The van der Waals surface area contributed by atoms with Crippen LogP contribution in [0.5, 0.6) is 0 Å². The Morgan fingerprint density at radius 3 is 2.85 bits per heavy atom. The summed E-state index contributed by atoms with van der Waals surface area (Å²) in [5, 5.41) is 0.214. The monoisotopic (exact) mass is 309 g/mol. The fourth-order valence-corrected chi connectivity index (χ4v) is 2.97. The van der Waals surface area contributed by atoms with Gasteiger partial charge in [0.25, 0.3) is 0 Å². The summed E-state index contributed by atoms with van der Waals surface area (Å²) in [4.78, 5) is 16.6. The average molecular weight is 309 g/mol. The maximum absolute atomic E-state index is 12.5. The first kappa shape index (κ1) is 15.0. The van der Waals surface area contributed by atoms with Gasteiger partial charge in [0.1, 0.15) is 0 Å². The molecule has 0 N–H and O–H groups in total. The second kappa shape index (κ2) is 5.94. The van der Waals surface area contributed by atoms with Crippen LogP contribution in [0.1, 0.15) is 31.5 Å². The number of methoxy groups -OCH3 is 1. The van der Waals surface area contributed by atoms with Crippen molar-refractivity contribution >= 4 is 22.6 Å². The van der Waals surface area contributed by atoms with Crippen molar-refractivity contribution in [2.24, 2.45) is 0 Å². The Morgan fingerprint density at radius 2 is 2.25 bits per heavy atom. The number of nitrogens with zero attached hydrogens (tertiary/aromatic N) is 3. The van der Waals surface area contributed by atoms with Gasteiger partial charge in [-0.05, 0) is 19.3 Å². The van der Waals surface area contributed by atoms with E-state index in [2.05, 4.69) is 14.1 Å². The molecule has 1 aromatic rings. The molecule has 1 atom stereocenters. The number of carbonyl (C=O) groups excluding carboxylic acids is 1. The number of aromatic nitrogens is 2. The third kappa shape index (κ3) is 3.38. The van der Waals surface area contributed by atoms with Crippen molar-refractivity contribution in [3.8, 4) is 0 Å². The van der Waals surface area contributed by atoms with Gasteiger partial charge >= 0.3 is 12.1 Å². The van der Waals surface area contributed by atoms with Crippen LogP contribution in [0.2, 0.25) is 0 Å². The van der Waals surface area contributed by atoms with E-state index in [1.165, 1.54) is 7.11 Å². The van der Waals surface area contributed by atoms with Crippen LogP contribution < -0.4 is 4.90 Å². The van der Waals surface area contributed by atoms with Gasteiger partial charge in [-0.25, -0.2) is 0 Å². The summed E-state index contributed by atoms with van der Waals surface area (Å²) in [5.74, 6) is -1.50. The Labute approximate surface area is 117 Å². The van der Waals surface area contributed by atoms with Crippen LogP contribution in [0.25, 0.3) is 0 Å². The highest BCUT2D eigenvalue weighted by Gasteiger charge is 2.37. The zero-order valence-corrected chi connectivity index (χ0v) is 11.6. The fraction of sp³-hybridized carbons (Fsp3) is 0.727. The number of carbonyl (C=O) groups is 1. The van der Waals surface area contributed by atoms with Crippen molar-refractivity contribution in [2.45, 2.75) is 37.9 Å². The SMILES string of the molecule is COC(=O)CC1CCCCN1c1nc(C(F)(F)F)ns1. The van der Waals surface area contributed by atoms with Crippen LogP contribution in [-0.4, -0.2) is 35.0 Å². The predicted molar refractivity (Wildman–Crippen MR) is 66.5 cm³/mol. The van der Waals surface area contributed by atoms with E-state index in [0.29, 0.717) is 18.1 Å². The first-order valence-corrected chi connectivity index (χ1v) is 6.93. The third-order valence-electron chi connectivity index (χ3n) is 3.17. The largest absolute Gasteiger partial charge is 0.469 e. The van der Waals surface area contributed by atoms with E-state index < -0.39 is 12.0 Å². The number of halogens is 3. The van der Waals surface area contributed by atoms with Gasteiger partial charge in [-0.15, -0.1) is 0 Å². The van der Waals surface area contributed by atoms with Crippen molar-refractivity contribution in [1.82, 2.24) is 9.36 Å². The molecule has 1 aromatic heterocycles. The Hall–Kier alpha value is -1.38. The molecule has 2 heterocycles. The molecular weight excluding hydrogens is 295 g/mol. The minimum absolute atomic E-state index is 0.150. The second-order valence-electron chi connectivity index (χ2n) is 4.52. The molecule has 9 heteroatoms. The lowest BCUT2D eigenvalue weighted by Crippen LogP contribution is -2.41. The molecule has 2 rings (SSSR count). The summed E-state index contributed by atoms with van der Waals surface area (Å²) in [6.45, 7) is 0.578. The number of anilines is 1. The number of alkyl halides is 3. The Morgan fingerprint density at radius 1 is 1.50 bits per heavy atom. The molecule has 0 saturated carbocycles. The highest BCUT2D eigenvalue weighted by atomic mass is 32.1. The highest BCUT2D eigenvalue weighted by molar-refractivity contribution is 7.09. The number of ether oxygens (including phenoxy) is 1. The first-order valence-electron chi connectivity index (χ1n) is 6.16. The summed E-state index contributed by atoms with van der Waals surface area (Å²) >= 11 is 0.714. The Kier molecular flexibility index (Phi) is 4.46. The molecule has 0 aromatic carbocycles. The van der Waals surface area contributed by atoms with Gasteiger partial charge in [0.2, 0.25) is 11.0 Å². The van der Waals surface area contributed by atoms with Crippen molar-refractivity contribution < 1.29 is 22.7 Å². The molecule has 1 fully saturated rings. The van der Waals surface area contributed by atoms with Crippen LogP contribution >= 0.6 is 11.5 Å². The highest BCUT2D eigenvalue weighted by Crippen LogP contribution is 2.33. The van der Waals surface area contributed by atoms with Crippen LogP contribution in [-0.2, 0) is 15.7 Å². The zero-order valence-electron chi connectivity index (χ0n) is 10.8. The molecule has 1 saturated heterocycles. The van der Waals surface area contributed by atoms with E-state index in [1.54, 1.807) is 4.90 Å². The molecule has 0 amide bonds. The van der Waals surface area contributed by atoms with Gasteiger partial charge in [-0.1, -0.05) is 0 Å². The van der Waals surface area contributed by atoms with Crippen LogP contribution in [0.3, 0.4) is 0 Å². The van der Waals surface area contributed by atoms with Gasteiger partial charge in [0.05, 0.1) is 13.5 Å². The van der Waals surface area contributed by atoms with Gasteiger partial charge in [-0.2, -0.15) is 22.5 Å². The molecular formula is C11H14F3N3O2S. The molecule has 112 valence electrons. The summed E-state index contributed by atoms with van der Waals surface area (Å²) in [7, 11) is 1.29. The minimum atomic E-state index is -4.54. The van der Waals surface area contributed by atoms with E-state index in [4.69, 9.17) is 0 Å². The van der Waals surface area contributed by atoms with Gasteiger partial charge in [0.15, 0.2) is 0 Å². The normalized spacial score (nSPS) is 20.0. The lowest BCUT2D eigenvalue weighted by Gasteiger charge is -2.34. The smallest absolute Gasteiger partial charge is 0.452 e. The molecule has 1 aliphatic rings. The minimum Gasteiger partial charge on any atom is -0.469 e. The lowest BCUT2D eigenvalue weighted by molar-refractivity contribution is -0.144. The first-order chi connectivity index (χ1) is 9.41. The second-order valence-corrected chi connectivity index (χ2v) is 5.25. The molecule has 1 aliphatic heterocycles. The van der Waals surface area contributed by atoms with Gasteiger partial charge in [-0.3, -0.25) is 4.79 Å². The van der Waals surface area contributed by atoms with Crippen LogP contribution in [0.15, 0.2) is 0 Å². The Balaban J connectivity index is 2.15. The van der Waals surface area contributed by atoms with Crippen LogP contribution in [0.4, 0.5) is 18.3 Å². The third-order valence-corrected chi connectivity index (χ3v) is 3.92. The van der Waals surface area contributed by atoms with Crippen molar-refractivity contribution in [3.63, 3.8) is 0 Å². The summed E-state index contributed by atoms with van der Waals surface area (Å²) < 4.78 is 45.5. The van der Waals surface area contributed by atoms with Crippen molar-refractivity contribution in [1.29, 1.82) is 0 Å². The van der Waals surface area contributed by atoms with Crippen molar-refractivity contribution in [3.05, 3.63) is 5.82 Å². The average Bonchev–Trinajstić information content (AvgIpc) is 2.88. The van der Waals surface area contributed by atoms with Gasteiger partial charge in [0, 0.05) is 24.1 Å². The number of hydrogen-bond donors (Lipinski definition) is 0. The lowest BCUT2D eigenvalue weighted by atomic mass is 10.00. The maximum Gasteiger partial charge on any atom is 0.452 e. The number of hydrogen-bond acceptors (Lipinski definition) is 6. The molecule has 5 nitrogen and oxygen atoms in total. The molecule has 20 heavy (non-hydrogen) atoms. The van der Waals surface area contributed by atoms with E-state index >= 15 is 0 Å². The molecule has 0 radical (unpaired) electrons. The van der Waals surface area contributed by atoms with E-state index in [9.17, 15) is 18.0 Å². The molecule has 0 aliphatic carbocycles. The quantitative estimate of drug-likeness (QED) is 0.803. The predicted octanol–water partition coefficient (Wildman–Crippen LogP) is 2.48. The summed E-state index contributed by atoms with van der Waals surface area (Å²) in [6.07, 6.45) is -1.86. The van der Waals surface area contributed by atoms with E-state index in [1.807, 2.05) is 0 Å². The number of esters is 1. The molecule has 0 spiro atoms. The zero-order chi connectivity index (χ0) is 14.8. The summed E-state index contributed by atoms with van der Waals surface area (Å²) in [5.41, 5.74) is 0.